The summed E-state index contributed by atoms with van der Waals surface area (Å²) < 4.78 is 5.83. The number of nitrogens with zero attached hydrogens (tertiary/aromatic N) is 1. The van der Waals surface area contributed by atoms with E-state index in [4.69, 9.17) is 4.74 Å². The van der Waals surface area contributed by atoms with Crippen LogP contribution in [0.2, 0.25) is 0 Å². The van der Waals surface area contributed by atoms with Crippen LogP contribution in [0.3, 0.4) is 0 Å². The highest BCUT2D eigenvalue weighted by Gasteiger charge is 2.16. The molecule has 0 saturated heterocycles. The number of benzene rings is 1. The fourth-order valence-corrected chi connectivity index (χ4v) is 2.08. The van der Waals surface area contributed by atoms with Crippen molar-refractivity contribution in [3.8, 4) is 11.6 Å². The van der Waals surface area contributed by atoms with E-state index in [2.05, 4.69) is 18.8 Å². The van der Waals surface area contributed by atoms with Crippen LogP contribution >= 0.6 is 0 Å². The zero-order valence-electron chi connectivity index (χ0n) is 12.7. The van der Waals surface area contributed by atoms with Gasteiger partial charge >= 0.3 is 5.97 Å². The van der Waals surface area contributed by atoms with Gasteiger partial charge in [-0.2, -0.15) is 0 Å². The number of hydrogen-bond donors (Lipinski definition) is 1. The molecule has 1 aromatic carbocycles. The molecule has 0 aliphatic carbocycles. The number of rotatable bonds is 4. The molecular formula is C17H19NO3. The third kappa shape index (κ3) is 3.40. The van der Waals surface area contributed by atoms with Crippen molar-refractivity contribution in [2.75, 3.05) is 0 Å². The van der Waals surface area contributed by atoms with Gasteiger partial charge in [0.05, 0.1) is 0 Å². The van der Waals surface area contributed by atoms with Crippen LogP contribution < -0.4 is 4.74 Å². The van der Waals surface area contributed by atoms with Gasteiger partial charge in [0, 0.05) is 5.69 Å². The Morgan fingerprint density at radius 2 is 1.90 bits per heavy atom. The Balaban J connectivity index is 2.49. The maximum absolute atomic E-state index is 11.3. The standard InChI is InChI=1S/C17H19NO3/c1-10(2)13-7-5-11(3)9-15(13)21-16-14(17(19)20)8-6-12(4)18-16/h5-10H,1-4H3,(H,19,20). The van der Waals surface area contributed by atoms with Crippen LogP contribution in [0.5, 0.6) is 11.6 Å². The minimum absolute atomic E-state index is 0.0665. The lowest BCUT2D eigenvalue weighted by atomic mass is 10.0. The van der Waals surface area contributed by atoms with Crippen molar-refractivity contribution < 1.29 is 14.6 Å². The van der Waals surface area contributed by atoms with E-state index >= 15 is 0 Å². The summed E-state index contributed by atoms with van der Waals surface area (Å²) in [6.07, 6.45) is 0. The van der Waals surface area contributed by atoms with E-state index < -0.39 is 5.97 Å². The number of aromatic nitrogens is 1. The lowest BCUT2D eigenvalue weighted by molar-refractivity contribution is 0.0693. The minimum Gasteiger partial charge on any atom is -0.477 e. The molecule has 0 aliphatic heterocycles. The van der Waals surface area contributed by atoms with Crippen molar-refractivity contribution in [1.29, 1.82) is 0 Å². The summed E-state index contributed by atoms with van der Waals surface area (Å²) >= 11 is 0. The van der Waals surface area contributed by atoms with E-state index in [0.717, 1.165) is 11.1 Å². The molecule has 2 rings (SSSR count). The number of carboxylic acids is 1. The van der Waals surface area contributed by atoms with E-state index in [9.17, 15) is 9.90 Å². The molecular weight excluding hydrogens is 266 g/mol. The second kappa shape index (κ2) is 5.95. The van der Waals surface area contributed by atoms with E-state index in [1.54, 1.807) is 13.0 Å². The summed E-state index contributed by atoms with van der Waals surface area (Å²) in [6.45, 7) is 7.91. The summed E-state index contributed by atoms with van der Waals surface area (Å²) in [4.78, 5) is 15.5. The van der Waals surface area contributed by atoms with Gasteiger partial charge in [0.1, 0.15) is 11.3 Å². The number of ether oxygens (including phenoxy) is 1. The highest BCUT2D eigenvalue weighted by Crippen LogP contribution is 2.32. The predicted octanol–water partition coefficient (Wildman–Crippen LogP) is 4.31. The SMILES string of the molecule is Cc1ccc(C(C)C)c(Oc2nc(C)ccc2C(=O)O)c1. The Morgan fingerprint density at radius 1 is 1.19 bits per heavy atom. The van der Waals surface area contributed by atoms with Crippen molar-refractivity contribution in [2.24, 2.45) is 0 Å². The average molecular weight is 285 g/mol. The van der Waals surface area contributed by atoms with Crippen molar-refractivity contribution in [3.05, 3.63) is 52.7 Å². The van der Waals surface area contributed by atoms with Gasteiger partial charge in [-0.15, -0.1) is 0 Å². The molecule has 0 radical (unpaired) electrons. The molecule has 0 spiro atoms. The number of aryl methyl sites for hydroxylation is 2. The van der Waals surface area contributed by atoms with Crippen LogP contribution in [0.1, 0.15) is 46.9 Å². The molecule has 0 amide bonds. The molecule has 0 atom stereocenters. The van der Waals surface area contributed by atoms with E-state index in [1.807, 2.05) is 25.1 Å². The fourth-order valence-electron chi connectivity index (χ4n) is 2.08. The largest absolute Gasteiger partial charge is 0.477 e. The van der Waals surface area contributed by atoms with Crippen molar-refractivity contribution >= 4 is 5.97 Å². The van der Waals surface area contributed by atoms with Crippen molar-refractivity contribution in [2.45, 2.75) is 33.6 Å². The first-order chi connectivity index (χ1) is 9.88. The Morgan fingerprint density at radius 3 is 2.52 bits per heavy atom. The first kappa shape index (κ1) is 15.0. The topological polar surface area (TPSA) is 59.4 Å². The highest BCUT2D eigenvalue weighted by molar-refractivity contribution is 5.90. The summed E-state index contributed by atoms with van der Waals surface area (Å²) in [5.41, 5.74) is 2.87. The third-order valence-corrected chi connectivity index (χ3v) is 3.23. The summed E-state index contributed by atoms with van der Waals surface area (Å²) in [6, 6.07) is 9.11. The molecule has 110 valence electrons. The lowest BCUT2D eigenvalue weighted by Crippen LogP contribution is -2.04. The summed E-state index contributed by atoms with van der Waals surface area (Å²) in [7, 11) is 0. The molecule has 1 heterocycles. The molecule has 0 saturated carbocycles. The summed E-state index contributed by atoms with van der Waals surface area (Å²) in [5, 5.41) is 9.25. The normalized spacial score (nSPS) is 10.7. The summed E-state index contributed by atoms with van der Waals surface area (Å²) in [5.74, 6) is 0.0236. The van der Waals surface area contributed by atoms with Crippen LogP contribution in [0.15, 0.2) is 30.3 Å². The number of aromatic carboxylic acids is 1. The number of carboxylic acid groups (broad SMARTS) is 1. The maximum Gasteiger partial charge on any atom is 0.341 e. The maximum atomic E-state index is 11.3. The van der Waals surface area contributed by atoms with Gasteiger partial charge in [-0.1, -0.05) is 26.0 Å². The predicted molar refractivity (Wildman–Crippen MR) is 81.3 cm³/mol. The van der Waals surface area contributed by atoms with E-state index in [0.29, 0.717) is 11.4 Å². The smallest absolute Gasteiger partial charge is 0.341 e. The Hall–Kier alpha value is -2.36. The second-order valence-corrected chi connectivity index (χ2v) is 5.41. The van der Waals surface area contributed by atoms with Gasteiger partial charge in [0.2, 0.25) is 5.88 Å². The fraction of sp³-hybridized carbons (Fsp3) is 0.294. The average Bonchev–Trinajstić information content (AvgIpc) is 2.38. The van der Waals surface area contributed by atoms with Crippen LogP contribution in [0, 0.1) is 13.8 Å². The molecule has 0 aliphatic rings. The van der Waals surface area contributed by atoms with Crippen LogP contribution in [0.25, 0.3) is 0 Å². The third-order valence-electron chi connectivity index (χ3n) is 3.23. The molecule has 2 aromatic rings. The van der Waals surface area contributed by atoms with Crippen LogP contribution in [-0.2, 0) is 0 Å². The Labute approximate surface area is 124 Å². The van der Waals surface area contributed by atoms with Gasteiger partial charge in [-0.3, -0.25) is 0 Å². The number of pyridine rings is 1. The zero-order chi connectivity index (χ0) is 15.6. The van der Waals surface area contributed by atoms with Gasteiger partial charge in [-0.05, 0) is 49.1 Å². The van der Waals surface area contributed by atoms with E-state index in [1.165, 1.54) is 6.07 Å². The Bertz CT molecular complexity index is 678. The monoisotopic (exact) mass is 285 g/mol. The first-order valence-electron chi connectivity index (χ1n) is 6.88. The van der Waals surface area contributed by atoms with Gasteiger partial charge in [0.25, 0.3) is 0 Å². The first-order valence-corrected chi connectivity index (χ1v) is 6.88. The van der Waals surface area contributed by atoms with Crippen LogP contribution in [0.4, 0.5) is 0 Å². The molecule has 4 heteroatoms. The number of carbonyl (C=O) groups is 1. The molecule has 1 aromatic heterocycles. The molecule has 4 nitrogen and oxygen atoms in total. The van der Waals surface area contributed by atoms with Crippen molar-refractivity contribution in [1.82, 2.24) is 4.98 Å². The van der Waals surface area contributed by atoms with Gasteiger partial charge in [-0.25, -0.2) is 9.78 Å². The second-order valence-electron chi connectivity index (χ2n) is 5.41. The van der Waals surface area contributed by atoms with Gasteiger partial charge < -0.3 is 9.84 Å². The molecule has 0 fully saturated rings. The van der Waals surface area contributed by atoms with Crippen molar-refractivity contribution in [3.63, 3.8) is 0 Å². The van der Waals surface area contributed by atoms with Gasteiger partial charge in [0.15, 0.2) is 0 Å². The molecule has 21 heavy (non-hydrogen) atoms. The number of hydrogen-bond acceptors (Lipinski definition) is 3. The quantitative estimate of drug-likeness (QED) is 0.909. The Kier molecular flexibility index (Phi) is 4.26. The lowest BCUT2D eigenvalue weighted by Gasteiger charge is -2.15. The zero-order valence-corrected chi connectivity index (χ0v) is 12.7. The molecule has 1 N–H and O–H groups in total. The van der Waals surface area contributed by atoms with Crippen LogP contribution in [-0.4, -0.2) is 16.1 Å². The van der Waals surface area contributed by atoms with E-state index in [-0.39, 0.29) is 17.4 Å². The molecule has 0 unspecified atom stereocenters. The minimum atomic E-state index is -1.05. The molecule has 0 bridgehead atoms. The highest BCUT2D eigenvalue weighted by atomic mass is 16.5.